The third-order valence-electron chi connectivity index (χ3n) is 4.97. The van der Waals surface area contributed by atoms with Crippen molar-refractivity contribution in [2.45, 2.75) is 20.0 Å². The van der Waals surface area contributed by atoms with Gasteiger partial charge in [0.15, 0.2) is 0 Å². The van der Waals surface area contributed by atoms with E-state index >= 15 is 0 Å². The fraction of sp³-hybridized carbons (Fsp3) is 0.217. The Kier molecular flexibility index (Phi) is 4.84. The van der Waals surface area contributed by atoms with Crippen LogP contribution in [0.25, 0.3) is 5.70 Å². The molecule has 0 radical (unpaired) electrons. The Hall–Kier alpha value is -3.18. The number of phenols is 1. The summed E-state index contributed by atoms with van der Waals surface area (Å²) in [5, 5.41) is 13.5. The lowest BCUT2D eigenvalue weighted by atomic mass is 10.1. The molecule has 1 aliphatic heterocycles. The van der Waals surface area contributed by atoms with E-state index in [0.717, 1.165) is 41.3 Å². The summed E-state index contributed by atoms with van der Waals surface area (Å²) in [7, 11) is 4.16. The molecule has 0 aliphatic carbocycles. The van der Waals surface area contributed by atoms with Gasteiger partial charge in [-0.3, -0.25) is 0 Å². The minimum Gasteiger partial charge on any atom is -0.508 e. The van der Waals surface area contributed by atoms with Crippen LogP contribution in [0.2, 0.25) is 0 Å². The third-order valence-corrected chi connectivity index (χ3v) is 4.97. The molecule has 3 aromatic rings. The van der Waals surface area contributed by atoms with E-state index in [2.05, 4.69) is 70.7 Å². The SMILES string of the molecule is Cc1ccc(NC2=CN(c3cccc(CN(C)C)c3)Cc3[nH]ccc32)cc1O. The molecule has 0 spiro atoms. The number of hydrogen-bond acceptors (Lipinski definition) is 4. The number of rotatable bonds is 5. The van der Waals surface area contributed by atoms with Crippen molar-refractivity contribution in [3.05, 3.63) is 83.3 Å². The van der Waals surface area contributed by atoms with Crippen molar-refractivity contribution in [3.63, 3.8) is 0 Å². The van der Waals surface area contributed by atoms with Crippen molar-refractivity contribution >= 4 is 17.1 Å². The van der Waals surface area contributed by atoms with Gasteiger partial charge in [-0.15, -0.1) is 0 Å². The molecule has 1 aromatic heterocycles. The Labute approximate surface area is 165 Å². The second-order valence-electron chi connectivity index (χ2n) is 7.57. The monoisotopic (exact) mass is 374 g/mol. The first-order valence-corrected chi connectivity index (χ1v) is 9.45. The lowest BCUT2D eigenvalue weighted by molar-refractivity contribution is 0.402. The average Bonchev–Trinajstić information content (AvgIpc) is 3.13. The number of phenolic OH excluding ortho intramolecular Hbond substituents is 1. The van der Waals surface area contributed by atoms with Gasteiger partial charge in [-0.25, -0.2) is 0 Å². The minimum absolute atomic E-state index is 0.295. The summed E-state index contributed by atoms with van der Waals surface area (Å²) in [6, 6.07) is 16.4. The third kappa shape index (κ3) is 3.75. The number of nitrogens with zero attached hydrogens (tertiary/aromatic N) is 2. The maximum atomic E-state index is 10.0. The number of aryl methyl sites for hydroxylation is 1. The number of fused-ring (bicyclic) bond motifs is 1. The Morgan fingerprint density at radius 2 is 2.00 bits per heavy atom. The van der Waals surface area contributed by atoms with Crippen molar-refractivity contribution in [1.82, 2.24) is 9.88 Å². The molecule has 5 nitrogen and oxygen atoms in total. The Balaban J connectivity index is 1.66. The van der Waals surface area contributed by atoms with Crippen LogP contribution in [-0.4, -0.2) is 29.1 Å². The first kappa shape index (κ1) is 18.2. The summed E-state index contributed by atoms with van der Waals surface area (Å²) in [5.74, 6) is 0.295. The predicted molar refractivity (Wildman–Crippen MR) is 115 cm³/mol. The van der Waals surface area contributed by atoms with Crippen LogP contribution >= 0.6 is 0 Å². The van der Waals surface area contributed by atoms with Crippen LogP contribution < -0.4 is 10.2 Å². The average molecular weight is 374 g/mol. The van der Waals surface area contributed by atoms with Crippen LogP contribution in [0.3, 0.4) is 0 Å². The normalized spacial score (nSPS) is 13.4. The number of H-pyrrole nitrogens is 1. The number of nitrogens with one attached hydrogen (secondary N) is 2. The number of hydrogen-bond donors (Lipinski definition) is 3. The van der Waals surface area contributed by atoms with Gasteiger partial charge in [0.05, 0.1) is 12.2 Å². The Morgan fingerprint density at radius 1 is 1.14 bits per heavy atom. The maximum Gasteiger partial charge on any atom is 0.120 e. The zero-order chi connectivity index (χ0) is 19.7. The Bertz CT molecular complexity index is 1020. The van der Waals surface area contributed by atoms with Gasteiger partial charge in [-0.1, -0.05) is 18.2 Å². The first-order chi connectivity index (χ1) is 13.5. The minimum atomic E-state index is 0.295. The lowest BCUT2D eigenvalue weighted by Crippen LogP contribution is -2.23. The molecule has 0 amide bonds. The van der Waals surface area contributed by atoms with E-state index in [0.29, 0.717) is 5.75 Å². The maximum absolute atomic E-state index is 10.0. The number of anilines is 2. The molecule has 144 valence electrons. The fourth-order valence-corrected chi connectivity index (χ4v) is 3.54. The molecule has 5 heteroatoms. The van der Waals surface area contributed by atoms with Crippen LogP contribution in [0.4, 0.5) is 11.4 Å². The molecular weight excluding hydrogens is 348 g/mol. The predicted octanol–water partition coefficient (Wildman–Crippen LogP) is 4.52. The molecule has 2 heterocycles. The smallest absolute Gasteiger partial charge is 0.120 e. The molecule has 0 unspecified atom stereocenters. The summed E-state index contributed by atoms with van der Waals surface area (Å²) < 4.78 is 0. The summed E-state index contributed by atoms with van der Waals surface area (Å²) in [6.07, 6.45) is 4.11. The van der Waals surface area contributed by atoms with Crippen LogP contribution in [0, 0.1) is 6.92 Å². The van der Waals surface area contributed by atoms with E-state index in [-0.39, 0.29) is 0 Å². The van der Waals surface area contributed by atoms with Crippen LogP contribution in [0.1, 0.15) is 22.4 Å². The summed E-state index contributed by atoms with van der Waals surface area (Å²) >= 11 is 0. The molecule has 0 saturated carbocycles. The number of aromatic amines is 1. The van der Waals surface area contributed by atoms with Crippen molar-refractivity contribution in [2.24, 2.45) is 0 Å². The standard InChI is InChI=1S/C23H26N4O/c1-16-7-8-18(12-23(16)28)25-22-15-27(14-21-20(22)9-10-24-21)19-6-4-5-17(11-19)13-26(2)3/h4-12,15,24-25,28H,13-14H2,1-3H3. The molecule has 3 N–H and O–H groups in total. The molecule has 0 saturated heterocycles. The summed E-state index contributed by atoms with van der Waals surface area (Å²) in [5.41, 5.74) is 7.50. The number of aromatic hydroxyl groups is 1. The van der Waals surface area contributed by atoms with E-state index in [4.69, 9.17) is 0 Å². The van der Waals surface area contributed by atoms with Gasteiger partial charge in [0.2, 0.25) is 0 Å². The topological polar surface area (TPSA) is 54.5 Å². The molecule has 1 aliphatic rings. The second kappa shape index (κ2) is 7.44. The van der Waals surface area contributed by atoms with E-state index in [1.54, 1.807) is 6.07 Å². The van der Waals surface area contributed by atoms with Gasteiger partial charge < -0.3 is 25.2 Å². The van der Waals surface area contributed by atoms with Gasteiger partial charge in [0.1, 0.15) is 5.75 Å². The Morgan fingerprint density at radius 3 is 2.79 bits per heavy atom. The van der Waals surface area contributed by atoms with Crippen molar-refractivity contribution in [2.75, 3.05) is 24.3 Å². The van der Waals surface area contributed by atoms with Crippen LogP contribution in [0.15, 0.2) is 60.9 Å². The van der Waals surface area contributed by atoms with E-state index in [9.17, 15) is 5.11 Å². The van der Waals surface area contributed by atoms with Gasteiger partial charge in [-0.05, 0) is 56.4 Å². The molecule has 2 aromatic carbocycles. The fourth-order valence-electron chi connectivity index (χ4n) is 3.54. The largest absolute Gasteiger partial charge is 0.508 e. The van der Waals surface area contributed by atoms with Gasteiger partial charge in [-0.2, -0.15) is 0 Å². The summed E-state index contributed by atoms with van der Waals surface area (Å²) in [4.78, 5) is 7.78. The van der Waals surface area contributed by atoms with E-state index < -0.39 is 0 Å². The highest BCUT2D eigenvalue weighted by Gasteiger charge is 2.20. The molecule has 0 atom stereocenters. The second-order valence-corrected chi connectivity index (χ2v) is 7.57. The van der Waals surface area contributed by atoms with Crippen molar-refractivity contribution in [3.8, 4) is 5.75 Å². The highest BCUT2D eigenvalue weighted by Crippen LogP contribution is 2.32. The van der Waals surface area contributed by atoms with E-state index in [1.807, 2.05) is 25.3 Å². The number of benzene rings is 2. The summed E-state index contributed by atoms with van der Waals surface area (Å²) in [6.45, 7) is 3.59. The van der Waals surface area contributed by atoms with Crippen molar-refractivity contribution in [1.29, 1.82) is 0 Å². The zero-order valence-corrected chi connectivity index (χ0v) is 16.5. The van der Waals surface area contributed by atoms with Crippen LogP contribution in [0.5, 0.6) is 5.75 Å². The molecule has 0 bridgehead atoms. The molecule has 4 rings (SSSR count). The highest BCUT2D eigenvalue weighted by molar-refractivity contribution is 5.82. The lowest BCUT2D eigenvalue weighted by Gasteiger charge is -2.28. The number of aromatic nitrogens is 1. The first-order valence-electron chi connectivity index (χ1n) is 9.45. The molecule has 0 fully saturated rings. The highest BCUT2D eigenvalue weighted by atomic mass is 16.3. The van der Waals surface area contributed by atoms with Gasteiger partial charge in [0, 0.05) is 47.6 Å². The van der Waals surface area contributed by atoms with Crippen molar-refractivity contribution < 1.29 is 5.11 Å². The van der Waals surface area contributed by atoms with E-state index in [1.165, 1.54) is 11.3 Å². The van der Waals surface area contributed by atoms with Gasteiger partial charge in [0.25, 0.3) is 0 Å². The quantitative estimate of drug-likeness (QED) is 0.615. The molecule has 28 heavy (non-hydrogen) atoms. The zero-order valence-electron chi connectivity index (χ0n) is 16.5. The molecular formula is C23H26N4O. The van der Waals surface area contributed by atoms with Gasteiger partial charge >= 0.3 is 0 Å². The van der Waals surface area contributed by atoms with Crippen LogP contribution in [-0.2, 0) is 13.1 Å².